The van der Waals surface area contributed by atoms with Gasteiger partial charge < -0.3 is 0 Å². The minimum atomic E-state index is -0.888. The second-order valence-electron chi connectivity index (χ2n) is 12.8. The number of halogens is 4. The number of nitrogens with one attached hydrogen (secondary N) is 2. The van der Waals surface area contributed by atoms with E-state index in [4.69, 9.17) is 0 Å². The molecule has 11 heteroatoms. The molecule has 2 saturated carbocycles. The molecule has 2 amide bonds. The Labute approximate surface area is 312 Å². The molecule has 2 N–H and O–H groups in total. The van der Waals surface area contributed by atoms with Gasteiger partial charge in [0.1, 0.15) is 0 Å². The number of carbonyl (C=O) groups excluding carboxylic acids is 2. The summed E-state index contributed by atoms with van der Waals surface area (Å²) in [6.07, 6.45) is 11.6. The van der Waals surface area contributed by atoms with Gasteiger partial charge in [-0.25, -0.2) is 28.4 Å². The summed E-state index contributed by atoms with van der Waals surface area (Å²) in [7, 11) is 0. The van der Waals surface area contributed by atoms with Crippen LogP contribution in [0.25, 0.3) is 0 Å². The molecule has 2 fully saturated rings. The van der Waals surface area contributed by atoms with Gasteiger partial charge in [-0.15, -0.1) is 36.4 Å². The summed E-state index contributed by atoms with van der Waals surface area (Å²) >= 11 is 0. The van der Waals surface area contributed by atoms with E-state index in [0.717, 1.165) is 37.8 Å². The Balaban J connectivity index is 0.000000224. The first-order valence-electron chi connectivity index (χ1n) is 17.3. The molecule has 0 spiro atoms. The van der Waals surface area contributed by atoms with Crippen LogP contribution in [0.1, 0.15) is 84.9 Å². The van der Waals surface area contributed by atoms with Crippen LogP contribution in [0.5, 0.6) is 0 Å². The number of benzene rings is 4. The summed E-state index contributed by atoms with van der Waals surface area (Å²) in [5.41, 5.74) is 6.95. The topological polar surface area (TPSA) is 64.7 Å². The molecule has 0 bridgehead atoms. The van der Waals surface area contributed by atoms with Crippen molar-refractivity contribution in [3.05, 3.63) is 131 Å². The molecule has 6 nitrogen and oxygen atoms in total. The number of hydrogen-bond donors (Lipinski definition) is 2. The van der Waals surface area contributed by atoms with Gasteiger partial charge >= 0.3 is 21.7 Å². The maximum atomic E-state index is 14.2. The molecule has 4 aromatic rings. The number of carbonyl (C=O) groups is 2. The molecule has 0 aromatic heterocycles. The first-order chi connectivity index (χ1) is 24.3. The molecular weight excluding hydrogens is 692 g/mol. The van der Waals surface area contributed by atoms with E-state index in [2.05, 4.69) is 10.9 Å². The van der Waals surface area contributed by atoms with Crippen LogP contribution in [0.2, 0.25) is 0 Å². The average Bonchev–Trinajstić information content (AvgIpc) is 3.15. The van der Waals surface area contributed by atoms with E-state index in [9.17, 15) is 27.2 Å². The summed E-state index contributed by atoms with van der Waals surface area (Å²) in [6.45, 7) is 1.16. The van der Waals surface area contributed by atoms with Crippen LogP contribution in [-0.2, 0) is 21.7 Å². The SMILES string of the molecule is O=C(c1ccccc1)N(NCC1CCCCC1)c1ccc(F)[c-]c1F.O=C(c1ccccc1)N(NCC1CCCCC1)c1ccc(F)[c-]c1F.[Ti+2]. The quantitative estimate of drug-likeness (QED) is 0.0740. The zero-order valence-electron chi connectivity index (χ0n) is 28.4. The second-order valence-corrected chi connectivity index (χ2v) is 12.8. The Morgan fingerprint density at radius 2 is 0.902 bits per heavy atom. The molecule has 2 aliphatic carbocycles. The molecule has 51 heavy (non-hydrogen) atoms. The van der Waals surface area contributed by atoms with Gasteiger partial charge in [-0.3, -0.25) is 19.6 Å². The minimum Gasteiger partial charge on any atom is -0.294 e. The Morgan fingerprint density at radius 1 is 0.549 bits per heavy atom. The second kappa shape index (κ2) is 20.3. The number of nitrogens with zero attached hydrogens (tertiary/aromatic N) is 2. The largest absolute Gasteiger partial charge is 2.00 e. The third-order valence-corrected chi connectivity index (χ3v) is 9.14. The molecule has 0 radical (unpaired) electrons. The summed E-state index contributed by atoms with van der Waals surface area (Å²) in [5, 5.41) is 2.35. The van der Waals surface area contributed by atoms with Crippen molar-refractivity contribution in [3.8, 4) is 0 Å². The van der Waals surface area contributed by atoms with Crippen LogP contribution in [0, 0.1) is 47.2 Å². The van der Waals surface area contributed by atoms with Gasteiger partial charge in [-0.05, 0) is 73.2 Å². The molecule has 4 aromatic carbocycles. The minimum absolute atomic E-state index is 0. The van der Waals surface area contributed by atoms with Crippen molar-refractivity contribution in [3.63, 3.8) is 0 Å². The molecule has 0 unspecified atom stereocenters. The van der Waals surface area contributed by atoms with Crippen LogP contribution in [0.15, 0.2) is 84.9 Å². The fourth-order valence-electron chi connectivity index (χ4n) is 6.39. The normalized spacial score (nSPS) is 14.8. The van der Waals surface area contributed by atoms with Crippen molar-refractivity contribution in [1.29, 1.82) is 0 Å². The van der Waals surface area contributed by atoms with Gasteiger partial charge in [0.2, 0.25) is 0 Å². The monoisotopic (exact) mass is 734 g/mol. The maximum absolute atomic E-state index is 14.2. The average molecular weight is 735 g/mol. The molecule has 0 heterocycles. The van der Waals surface area contributed by atoms with Crippen LogP contribution in [0.3, 0.4) is 0 Å². The van der Waals surface area contributed by atoms with Gasteiger partial charge in [-0.2, -0.15) is 0 Å². The van der Waals surface area contributed by atoms with E-state index < -0.39 is 23.3 Å². The summed E-state index contributed by atoms with van der Waals surface area (Å²) in [4.78, 5) is 25.7. The number of rotatable bonds is 10. The van der Waals surface area contributed by atoms with Crippen molar-refractivity contribution in [2.45, 2.75) is 64.2 Å². The first kappa shape index (κ1) is 40.0. The van der Waals surface area contributed by atoms with E-state index in [1.54, 1.807) is 48.5 Å². The third-order valence-electron chi connectivity index (χ3n) is 9.14. The number of hydrogen-bond acceptors (Lipinski definition) is 4. The van der Waals surface area contributed by atoms with E-state index in [0.29, 0.717) is 36.1 Å². The number of amides is 2. The van der Waals surface area contributed by atoms with Crippen molar-refractivity contribution in [2.24, 2.45) is 11.8 Å². The molecular formula is C40H42F4N4O2Ti. The molecule has 2 aliphatic rings. The van der Waals surface area contributed by atoms with Crippen LogP contribution in [0.4, 0.5) is 28.9 Å². The van der Waals surface area contributed by atoms with Crippen molar-refractivity contribution in [2.75, 3.05) is 23.1 Å². The standard InChI is InChI=1S/2C20H21F2N2O.Ti/c2*21-17-11-12-19(18(22)13-17)24(20(25)16-9-5-2-6-10-16)23-14-15-7-3-1-4-8-15;/h2*2,5-6,9-12,15,23H,1,3-4,7-8,14H2;/q2*-1;+2. The van der Waals surface area contributed by atoms with Gasteiger partial charge in [0.05, 0.1) is 0 Å². The summed E-state index contributed by atoms with van der Waals surface area (Å²) < 4.78 is 54.8. The van der Waals surface area contributed by atoms with Gasteiger partial charge in [0.25, 0.3) is 11.8 Å². The van der Waals surface area contributed by atoms with Gasteiger partial charge in [0.15, 0.2) is 0 Å². The van der Waals surface area contributed by atoms with Crippen molar-refractivity contribution < 1.29 is 48.9 Å². The summed E-state index contributed by atoms with van der Waals surface area (Å²) in [5.74, 6) is -3.22. The predicted octanol–water partition coefficient (Wildman–Crippen LogP) is 8.99. The molecule has 0 saturated heterocycles. The van der Waals surface area contributed by atoms with E-state index in [-0.39, 0.29) is 44.9 Å². The molecule has 266 valence electrons. The van der Waals surface area contributed by atoms with E-state index in [1.165, 1.54) is 60.7 Å². The zero-order valence-corrected chi connectivity index (χ0v) is 30.0. The van der Waals surface area contributed by atoms with E-state index in [1.807, 2.05) is 24.3 Å². The Kier molecular flexibility index (Phi) is 15.9. The van der Waals surface area contributed by atoms with Crippen LogP contribution >= 0.6 is 0 Å². The maximum Gasteiger partial charge on any atom is 2.00 e. The molecule has 6 rings (SSSR count). The zero-order chi connectivity index (χ0) is 35.3. The first-order valence-corrected chi connectivity index (χ1v) is 17.3. The third kappa shape index (κ3) is 11.6. The fourth-order valence-corrected chi connectivity index (χ4v) is 6.39. The van der Waals surface area contributed by atoms with Crippen LogP contribution in [-0.4, -0.2) is 24.9 Å². The molecule has 0 atom stereocenters. The number of hydrazine groups is 2. The number of anilines is 2. The summed E-state index contributed by atoms with van der Waals surface area (Å²) in [6, 6.07) is 26.0. The predicted molar refractivity (Wildman–Crippen MR) is 186 cm³/mol. The van der Waals surface area contributed by atoms with E-state index >= 15 is 0 Å². The van der Waals surface area contributed by atoms with Gasteiger partial charge in [0, 0.05) is 47.5 Å². The Morgan fingerprint density at radius 3 is 1.24 bits per heavy atom. The van der Waals surface area contributed by atoms with Gasteiger partial charge in [-0.1, -0.05) is 74.9 Å². The fraction of sp³-hybridized carbons (Fsp3) is 0.350. The molecule has 0 aliphatic heterocycles. The van der Waals surface area contributed by atoms with Crippen molar-refractivity contribution >= 4 is 23.2 Å². The Hall–Kier alpha value is -3.83. The Bertz CT molecular complexity index is 1560. The smallest absolute Gasteiger partial charge is 0.294 e. The van der Waals surface area contributed by atoms with Crippen molar-refractivity contribution in [1.82, 2.24) is 10.9 Å². The van der Waals surface area contributed by atoms with Crippen LogP contribution < -0.4 is 20.9 Å².